The Morgan fingerprint density at radius 1 is 0.696 bits per heavy atom. The summed E-state index contributed by atoms with van der Waals surface area (Å²) in [7, 11) is 0. The molecule has 0 saturated carbocycles. The minimum Gasteiger partial charge on any atom is -0.289 e. The van der Waals surface area contributed by atoms with Crippen molar-refractivity contribution in [2.75, 3.05) is 0 Å². The van der Waals surface area contributed by atoms with E-state index in [-0.39, 0.29) is 11.6 Å². The van der Waals surface area contributed by atoms with E-state index in [1.165, 1.54) is 12.1 Å². The Kier molecular flexibility index (Phi) is 4.15. The van der Waals surface area contributed by atoms with Gasteiger partial charge in [0.15, 0.2) is 5.78 Å². The summed E-state index contributed by atoms with van der Waals surface area (Å²) in [5.74, 6) is -0.312. The van der Waals surface area contributed by atoms with Gasteiger partial charge < -0.3 is 0 Å². The van der Waals surface area contributed by atoms with Gasteiger partial charge >= 0.3 is 0 Å². The molecule has 3 rings (SSSR count). The van der Waals surface area contributed by atoms with Crippen LogP contribution >= 0.6 is 0 Å². The second kappa shape index (κ2) is 6.41. The van der Waals surface area contributed by atoms with Crippen molar-refractivity contribution in [1.82, 2.24) is 0 Å². The van der Waals surface area contributed by atoms with Crippen LogP contribution in [-0.4, -0.2) is 5.78 Å². The first-order valence-electron chi connectivity index (χ1n) is 7.30. The summed E-state index contributed by atoms with van der Waals surface area (Å²) in [6.07, 6.45) is 0. The smallest absolute Gasteiger partial charge is 0.193 e. The normalized spacial score (nSPS) is 10.3. The Hall–Kier alpha value is -3.00. The summed E-state index contributed by atoms with van der Waals surface area (Å²) >= 11 is 0. The highest BCUT2D eigenvalue weighted by Gasteiger charge is 2.09. The van der Waals surface area contributed by atoms with Gasteiger partial charge in [0.1, 0.15) is 5.82 Å². The van der Waals surface area contributed by atoms with Crippen molar-refractivity contribution in [3.63, 3.8) is 0 Å². The summed E-state index contributed by atoms with van der Waals surface area (Å²) in [4.78, 5) is 12.4. The fraction of sp³-hybridized carbons (Fsp3) is 0. The number of rotatable bonds is 4. The monoisotopic (exact) mass is 302 g/mol. The third-order valence-corrected chi connectivity index (χ3v) is 3.70. The van der Waals surface area contributed by atoms with Crippen molar-refractivity contribution in [3.8, 4) is 0 Å². The van der Waals surface area contributed by atoms with E-state index in [4.69, 9.17) is 0 Å². The van der Waals surface area contributed by atoms with Crippen LogP contribution in [0.25, 0.3) is 5.57 Å². The van der Waals surface area contributed by atoms with E-state index in [1.54, 1.807) is 30.3 Å². The highest BCUT2D eigenvalue weighted by Crippen LogP contribution is 2.23. The van der Waals surface area contributed by atoms with Gasteiger partial charge in [0.2, 0.25) is 0 Å². The van der Waals surface area contributed by atoms with Gasteiger partial charge in [-0.25, -0.2) is 4.39 Å². The number of carbonyl (C=O) groups is 1. The van der Waals surface area contributed by atoms with Gasteiger partial charge in [-0.2, -0.15) is 0 Å². The van der Waals surface area contributed by atoms with E-state index in [9.17, 15) is 9.18 Å². The van der Waals surface area contributed by atoms with Crippen LogP contribution in [0.3, 0.4) is 0 Å². The lowest BCUT2D eigenvalue weighted by molar-refractivity contribution is 0.103. The largest absolute Gasteiger partial charge is 0.289 e. The second-order valence-electron chi connectivity index (χ2n) is 5.26. The summed E-state index contributed by atoms with van der Waals surface area (Å²) in [5, 5.41) is 0. The van der Waals surface area contributed by atoms with Crippen LogP contribution < -0.4 is 0 Å². The standard InChI is InChI=1S/C21H15FO/c1-15(19-8-5-9-20(22)14-19)16-10-12-18(13-11-16)21(23)17-6-3-2-4-7-17/h2-14H,1H2. The molecule has 0 N–H and O–H groups in total. The SMILES string of the molecule is C=C(c1ccc(C(=O)c2ccccc2)cc1)c1cccc(F)c1. The van der Waals surface area contributed by atoms with Crippen LogP contribution in [-0.2, 0) is 0 Å². The molecule has 0 radical (unpaired) electrons. The summed E-state index contributed by atoms with van der Waals surface area (Å²) in [5.41, 5.74) is 3.59. The van der Waals surface area contributed by atoms with Gasteiger partial charge in [-0.05, 0) is 28.8 Å². The van der Waals surface area contributed by atoms with Gasteiger partial charge in [0.25, 0.3) is 0 Å². The number of halogens is 1. The predicted octanol–water partition coefficient (Wildman–Crippen LogP) is 5.12. The average Bonchev–Trinajstić information content (AvgIpc) is 2.61. The maximum Gasteiger partial charge on any atom is 0.193 e. The Labute approximate surface area is 134 Å². The molecule has 0 amide bonds. The van der Waals surface area contributed by atoms with Crippen LogP contribution in [0.2, 0.25) is 0 Å². The highest BCUT2D eigenvalue weighted by molar-refractivity contribution is 6.09. The molecule has 0 aliphatic heterocycles. The summed E-state index contributed by atoms with van der Waals surface area (Å²) in [6.45, 7) is 4.02. The minimum absolute atomic E-state index is 0.0199. The minimum atomic E-state index is -0.292. The number of benzene rings is 3. The molecule has 0 spiro atoms. The van der Waals surface area contributed by atoms with Gasteiger partial charge in [-0.1, -0.05) is 73.3 Å². The molecule has 2 heteroatoms. The number of ketones is 1. The van der Waals surface area contributed by atoms with Gasteiger partial charge in [-0.15, -0.1) is 0 Å². The maximum absolute atomic E-state index is 13.3. The molecule has 1 nitrogen and oxygen atoms in total. The Bertz CT molecular complexity index is 849. The highest BCUT2D eigenvalue weighted by atomic mass is 19.1. The second-order valence-corrected chi connectivity index (χ2v) is 5.26. The number of hydrogen-bond acceptors (Lipinski definition) is 1. The van der Waals surface area contributed by atoms with Gasteiger partial charge in [0.05, 0.1) is 0 Å². The first-order chi connectivity index (χ1) is 11.1. The van der Waals surface area contributed by atoms with E-state index in [0.717, 1.165) is 16.7 Å². The molecule has 0 aliphatic carbocycles. The lowest BCUT2D eigenvalue weighted by Crippen LogP contribution is -2.00. The molecule has 0 atom stereocenters. The van der Waals surface area contributed by atoms with Crippen molar-refractivity contribution in [2.24, 2.45) is 0 Å². The molecule has 112 valence electrons. The van der Waals surface area contributed by atoms with Crippen LogP contribution in [0.5, 0.6) is 0 Å². The lowest BCUT2D eigenvalue weighted by Gasteiger charge is -2.08. The Balaban J connectivity index is 1.85. The average molecular weight is 302 g/mol. The first kappa shape index (κ1) is 14.9. The van der Waals surface area contributed by atoms with E-state index in [0.29, 0.717) is 11.1 Å². The Morgan fingerprint density at radius 2 is 1.26 bits per heavy atom. The van der Waals surface area contributed by atoms with Crippen LogP contribution in [0.1, 0.15) is 27.0 Å². The predicted molar refractivity (Wildman–Crippen MR) is 90.9 cm³/mol. The van der Waals surface area contributed by atoms with E-state index in [2.05, 4.69) is 6.58 Å². The fourth-order valence-corrected chi connectivity index (χ4v) is 2.42. The van der Waals surface area contributed by atoms with Crippen molar-refractivity contribution in [1.29, 1.82) is 0 Å². The molecular weight excluding hydrogens is 287 g/mol. The third kappa shape index (κ3) is 3.27. The molecule has 0 aromatic heterocycles. The van der Waals surface area contributed by atoms with Gasteiger partial charge in [0, 0.05) is 11.1 Å². The molecular formula is C21H15FO. The number of hydrogen-bond donors (Lipinski definition) is 0. The van der Waals surface area contributed by atoms with E-state index >= 15 is 0 Å². The van der Waals surface area contributed by atoms with Crippen LogP contribution in [0.15, 0.2) is 85.4 Å². The zero-order chi connectivity index (χ0) is 16.2. The fourth-order valence-electron chi connectivity index (χ4n) is 2.42. The first-order valence-corrected chi connectivity index (χ1v) is 7.30. The quantitative estimate of drug-likeness (QED) is 0.611. The van der Waals surface area contributed by atoms with Crippen molar-refractivity contribution in [3.05, 3.63) is 114 Å². The molecule has 0 aliphatic rings. The molecule has 0 bridgehead atoms. The topological polar surface area (TPSA) is 17.1 Å². The summed E-state index contributed by atoms with van der Waals surface area (Å²) < 4.78 is 13.3. The summed E-state index contributed by atoms with van der Waals surface area (Å²) in [6, 6.07) is 22.7. The van der Waals surface area contributed by atoms with Crippen LogP contribution in [0.4, 0.5) is 4.39 Å². The number of carbonyl (C=O) groups excluding carboxylic acids is 1. The Morgan fingerprint density at radius 3 is 1.91 bits per heavy atom. The zero-order valence-corrected chi connectivity index (χ0v) is 12.5. The van der Waals surface area contributed by atoms with E-state index < -0.39 is 0 Å². The van der Waals surface area contributed by atoms with Crippen molar-refractivity contribution in [2.45, 2.75) is 0 Å². The third-order valence-electron chi connectivity index (χ3n) is 3.70. The zero-order valence-electron chi connectivity index (χ0n) is 12.5. The maximum atomic E-state index is 13.3. The van der Waals surface area contributed by atoms with Crippen molar-refractivity contribution >= 4 is 11.4 Å². The van der Waals surface area contributed by atoms with Gasteiger partial charge in [-0.3, -0.25) is 4.79 Å². The molecule has 3 aromatic rings. The van der Waals surface area contributed by atoms with Crippen molar-refractivity contribution < 1.29 is 9.18 Å². The molecule has 0 unspecified atom stereocenters. The van der Waals surface area contributed by atoms with E-state index in [1.807, 2.05) is 36.4 Å². The molecule has 0 saturated heterocycles. The van der Waals surface area contributed by atoms with Crippen LogP contribution in [0, 0.1) is 5.82 Å². The molecule has 23 heavy (non-hydrogen) atoms. The molecule has 3 aromatic carbocycles. The molecule has 0 heterocycles. The lowest BCUT2D eigenvalue weighted by atomic mass is 9.96. The molecule has 0 fully saturated rings.